The van der Waals surface area contributed by atoms with Crippen LogP contribution in [0.1, 0.15) is 6.92 Å². The topological polar surface area (TPSA) is 64.1 Å². The number of nitrogens with zero attached hydrogens (tertiary/aromatic N) is 2. The highest BCUT2D eigenvalue weighted by Crippen LogP contribution is 2.17. The minimum Gasteiger partial charge on any atom is -0.481 e. The molecule has 1 aromatic carbocycles. The molecule has 1 N–H and O–H groups in total. The second-order valence-corrected chi connectivity index (χ2v) is 4.72. The number of ether oxygens (including phenoxy) is 1. The Balaban J connectivity index is 1.93. The smallest absolute Gasteiger partial charge is 0.266 e. The number of halogens is 1. The molecule has 2 aromatic rings. The fourth-order valence-electron chi connectivity index (χ4n) is 1.21. The van der Waals surface area contributed by atoms with Crippen LogP contribution in [0.25, 0.3) is 0 Å². The van der Waals surface area contributed by atoms with Gasteiger partial charge in [0.05, 0.1) is 0 Å². The Morgan fingerprint density at radius 3 is 2.78 bits per heavy atom. The van der Waals surface area contributed by atoms with Gasteiger partial charge in [0.25, 0.3) is 5.91 Å². The molecule has 0 spiro atoms. The summed E-state index contributed by atoms with van der Waals surface area (Å²) in [4.78, 5) is 11.8. The highest BCUT2D eigenvalue weighted by molar-refractivity contribution is 7.13. The normalized spacial score (nSPS) is 11.9. The molecule has 7 heteroatoms. The molecule has 18 heavy (non-hydrogen) atoms. The van der Waals surface area contributed by atoms with Gasteiger partial charge in [0.2, 0.25) is 5.13 Å². The van der Waals surface area contributed by atoms with Crippen LogP contribution < -0.4 is 10.1 Å². The maximum absolute atomic E-state index is 11.8. The number of aromatic nitrogens is 2. The molecular formula is C11H10ClN3O2S. The standard InChI is InChI=1S/C11H10ClN3O2S/c1-7(10(16)14-11-15-13-6-18-11)17-9-4-2-8(12)3-5-9/h2-7H,1H3,(H,14,15,16)/t7-/m1/s1. The van der Waals surface area contributed by atoms with Crippen LogP contribution in [0.5, 0.6) is 5.75 Å². The van der Waals surface area contributed by atoms with Crippen molar-refractivity contribution in [3.8, 4) is 5.75 Å². The number of nitrogens with one attached hydrogen (secondary N) is 1. The Kier molecular flexibility index (Phi) is 4.11. The fourth-order valence-corrected chi connectivity index (χ4v) is 1.78. The molecule has 0 saturated carbocycles. The summed E-state index contributed by atoms with van der Waals surface area (Å²) in [7, 11) is 0. The van der Waals surface area contributed by atoms with Crippen LogP contribution in [-0.4, -0.2) is 22.2 Å². The van der Waals surface area contributed by atoms with E-state index in [1.54, 1.807) is 36.7 Å². The van der Waals surface area contributed by atoms with E-state index < -0.39 is 6.10 Å². The molecule has 0 fully saturated rings. The van der Waals surface area contributed by atoms with E-state index >= 15 is 0 Å². The van der Waals surface area contributed by atoms with Crippen molar-refractivity contribution in [2.45, 2.75) is 13.0 Å². The van der Waals surface area contributed by atoms with Gasteiger partial charge in [0.15, 0.2) is 6.10 Å². The Morgan fingerprint density at radius 1 is 1.44 bits per heavy atom. The lowest BCUT2D eigenvalue weighted by atomic mass is 10.3. The molecular weight excluding hydrogens is 274 g/mol. The summed E-state index contributed by atoms with van der Waals surface area (Å²) in [6, 6.07) is 6.81. The van der Waals surface area contributed by atoms with Crippen LogP contribution in [0.2, 0.25) is 5.02 Å². The van der Waals surface area contributed by atoms with Crippen molar-refractivity contribution < 1.29 is 9.53 Å². The zero-order valence-electron chi connectivity index (χ0n) is 9.46. The van der Waals surface area contributed by atoms with E-state index in [1.807, 2.05) is 0 Å². The zero-order valence-corrected chi connectivity index (χ0v) is 11.0. The first kappa shape index (κ1) is 12.8. The van der Waals surface area contributed by atoms with E-state index in [-0.39, 0.29) is 5.91 Å². The third-order valence-electron chi connectivity index (χ3n) is 2.09. The summed E-state index contributed by atoms with van der Waals surface area (Å²) >= 11 is 7.01. The van der Waals surface area contributed by atoms with Gasteiger partial charge in [-0.3, -0.25) is 10.1 Å². The van der Waals surface area contributed by atoms with Crippen molar-refractivity contribution in [1.82, 2.24) is 10.2 Å². The van der Waals surface area contributed by atoms with Gasteiger partial charge in [0, 0.05) is 5.02 Å². The predicted molar refractivity (Wildman–Crippen MR) is 70.1 cm³/mol. The summed E-state index contributed by atoms with van der Waals surface area (Å²) in [5, 5.41) is 11.0. The average Bonchev–Trinajstić information content (AvgIpc) is 2.85. The van der Waals surface area contributed by atoms with Gasteiger partial charge in [-0.25, -0.2) is 0 Å². The largest absolute Gasteiger partial charge is 0.481 e. The second kappa shape index (κ2) is 5.79. The van der Waals surface area contributed by atoms with E-state index in [9.17, 15) is 4.79 Å². The quantitative estimate of drug-likeness (QED) is 0.937. The molecule has 94 valence electrons. The second-order valence-electron chi connectivity index (χ2n) is 3.45. The van der Waals surface area contributed by atoms with E-state index in [1.165, 1.54) is 11.3 Å². The lowest BCUT2D eigenvalue weighted by Gasteiger charge is -2.13. The maximum atomic E-state index is 11.8. The highest BCUT2D eigenvalue weighted by Gasteiger charge is 2.15. The minimum atomic E-state index is -0.630. The first-order valence-electron chi connectivity index (χ1n) is 5.14. The van der Waals surface area contributed by atoms with Crippen molar-refractivity contribution in [2.75, 3.05) is 5.32 Å². The van der Waals surface area contributed by atoms with E-state index in [0.717, 1.165) is 0 Å². The number of carbonyl (C=O) groups excluding carboxylic acids is 1. The van der Waals surface area contributed by atoms with Gasteiger partial charge in [-0.2, -0.15) is 0 Å². The van der Waals surface area contributed by atoms with Gasteiger partial charge >= 0.3 is 0 Å². The van der Waals surface area contributed by atoms with Crippen LogP contribution >= 0.6 is 22.9 Å². The molecule has 0 aliphatic rings. The summed E-state index contributed by atoms with van der Waals surface area (Å²) < 4.78 is 5.47. The Labute approximate surface area is 113 Å². The molecule has 0 bridgehead atoms. The molecule has 0 radical (unpaired) electrons. The monoisotopic (exact) mass is 283 g/mol. The van der Waals surface area contributed by atoms with Gasteiger partial charge < -0.3 is 4.74 Å². The number of hydrogen-bond donors (Lipinski definition) is 1. The van der Waals surface area contributed by atoms with E-state index in [2.05, 4.69) is 15.5 Å². The van der Waals surface area contributed by atoms with Crippen LogP contribution in [0, 0.1) is 0 Å². The lowest BCUT2D eigenvalue weighted by Crippen LogP contribution is -2.30. The predicted octanol–water partition coefficient (Wildman–Crippen LogP) is 2.60. The minimum absolute atomic E-state index is 0.276. The van der Waals surface area contributed by atoms with E-state index in [4.69, 9.17) is 16.3 Å². The number of amides is 1. The number of benzene rings is 1. The van der Waals surface area contributed by atoms with Crippen molar-refractivity contribution in [3.05, 3.63) is 34.8 Å². The lowest BCUT2D eigenvalue weighted by molar-refractivity contribution is -0.122. The zero-order chi connectivity index (χ0) is 13.0. The number of anilines is 1. The van der Waals surface area contributed by atoms with Crippen molar-refractivity contribution >= 4 is 34.0 Å². The molecule has 0 aliphatic heterocycles. The summed E-state index contributed by atoms with van der Waals surface area (Å²) in [6.45, 7) is 1.66. The number of carbonyl (C=O) groups is 1. The molecule has 0 aliphatic carbocycles. The summed E-state index contributed by atoms with van der Waals surface area (Å²) in [5.41, 5.74) is 1.54. The van der Waals surface area contributed by atoms with Crippen molar-refractivity contribution in [3.63, 3.8) is 0 Å². The Bertz CT molecular complexity index is 516. The van der Waals surface area contributed by atoms with Crippen molar-refractivity contribution in [2.24, 2.45) is 0 Å². The van der Waals surface area contributed by atoms with E-state index in [0.29, 0.717) is 15.9 Å². The first-order chi connectivity index (χ1) is 8.65. The molecule has 1 atom stereocenters. The highest BCUT2D eigenvalue weighted by atomic mass is 35.5. The van der Waals surface area contributed by atoms with Crippen LogP contribution in [0.4, 0.5) is 5.13 Å². The van der Waals surface area contributed by atoms with Crippen LogP contribution in [-0.2, 0) is 4.79 Å². The molecule has 1 aromatic heterocycles. The SMILES string of the molecule is C[C@@H](Oc1ccc(Cl)cc1)C(=O)Nc1nncs1. The molecule has 1 amide bonds. The van der Waals surface area contributed by atoms with Crippen LogP contribution in [0.15, 0.2) is 29.8 Å². The Hall–Kier alpha value is -1.66. The molecule has 0 unspecified atom stereocenters. The van der Waals surface area contributed by atoms with Crippen LogP contribution in [0.3, 0.4) is 0 Å². The molecule has 1 heterocycles. The average molecular weight is 284 g/mol. The third-order valence-corrected chi connectivity index (χ3v) is 2.94. The fraction of sp³-hybridized carbons (Fsp3) is 0.182. The van der Waals surface area contributed by atoms with Crippen molar-refractivity contribution in [1.29, 1.82) is 0 Å². The summed E-state index contributed by atoms with van der Waals surface area (Å²) in [5.74, 6) is 0.306. The maximum Gasteiger partial charge on any atom is 0.266 e. The van der Waals surface area contributed by atoms with Gasteiger partial charge in [-0.05, 0) is 31.2 Å². The molecule has 0 saturated heterocycles. The molecule has 2 rings (SSSR count). The van der Waals surface area contributed by atoms with Gasteiger partial charge in [0.1, 0.15) is 11.3 Å². The summed E-state index contributed by atoms with van der Waals surface area (Å²) in [6.07, 6.45) is -0.630. The number of rotatable bonds is 4. The van der Waals surface area contributed by atoms with Gasteiger partial charge in [-0.15, -0.1) is 10.2 Å². The first-order valence-corrected chi connectivity index (χ1v) is 6.40. The van der Waals surface area contributed by atoms with Gasteiger partial charge in [-0.1, -0.05) is 22.9 Å². The number of hydrogen-bond acceptors (Lipinski definition) is 5. The Morgan fingerprint density at radius 2 is 2.17 bits per heavy atom. The molecule has 5 nitrogen and oxygen atoms in total. The third kappa shape index (κ3) is 3.41.